The zero-order valence-corrected chi connectivity index (χ0v) is 13.4. The highest BCUT2D eigenvalue weighted by atomic mass is 32.2. The van der Waals surface area contributed by atoms with Gasteiger partial charge in [0.1, 0.15) is 9.86 Å². The second-order valence-corrected chi connectivity index (χ2v) is 6.81. The number of carboxylic acid groups (broad SMARTS) is 1. The standard InChI is InChI=1S/C14H13NO5S2/c1-14(2,12(19)20)15-11(18)10(22-13(15)21)6-7-3-4-8(16)9(17)5-7/h3-6,16-17H,1-2H3,(H,19,20). The molecule has 3 N–H and O–H groups in total. The summed E-state index contributed by atoms with van der Waals surface area (Å²) in [6.45, 7) is 2.80. The molecule has 1 aliphatic rings. The molecule has 0 atom stereocenters. The minimum atomic E-state index is -1.45. The number of hydrogen-bond acceptors (Lipinski definition) is 6. The average molecular weight is 339 g/mol. The minimum Gasteiger partial charge on any atom is -0.504 e. The highest BCUT2D eigenvalue weighted by Crippen LogP contribution is 2.37. The number of nitrogens with zero attached hydrogens (tertiary/aromatic N) is 1. The molecule has 0 aliphatic carbocycles. The SMILES string of the molecule is CC(C)(C(=O)O)N1C(=O)C(=Cc2ccc(O)c(O)c2)SC1=S. The van der Waals surface area contributed by atoms with Crippen molar-refractivity contribution in [2.45, 2.75) is 19.4 Å². The van der Waals surface area contributed by atoms with Gasteiger partial charge in [0, 0.05) is 0 Å². The van der Waals surface area contributed by atoms with Crippen molar-refractivity contribution in [1.82, 2.24) is 4.90 Å². The molecular weight excluding hydrogens is 326 g/mol. The Hall–Kier alpha value is -2.06. The maximum absolute atomic E-state index is 12.4. The Labute approximate surface area is 136 Å². The van der Waals surface area contributed by atoms with E-state index in [4.69, 9.17) is 12.2 Å². The van der Waals surface area contributed by atoms with Crippen LogP contribution in [0.15, 0.2) is 23.1 Å². The number of thioether (sulfide) groups is 1. The number of phenolic OH excluding ortho intramolecular Hbond substituents is 2. The van der Waals surface area contributed by atoms with Crippen LogP contribution in [0, 0.1) is 0 Å². The summed E-state index contributed by atoms with van der Waals surface area (Å²) in [5.74, 6) is -2.24. The summed E-state index contributed by atoms with van der Waals surface area (Å²) < 4.78 is 0.159. The van der Waals surface area contributed by atoms with Crippen LogP contribution in [0.3, 0.4) is 0 Å². The average Bonchev–Trinajstić information content (AvgIpc) is 2.69. The number of carbonyl (C=O) groups is 2. The number of phenols is 2. The topological polar surface area (TPSA) is 98.1 Å². The first kappa shape index (κ1) is 16.3. The fraction of sp³-hybridized carbons (Fsp3) is 0.214. The summed E-state index contributed by atoms with van der Waals surface area (Å²) in [4.78, 5) is 25.0. The van der Waals surface area contributed by atoms with Crippen LogP contribution in [0.2, 0.25) is 0 Å². The van der Waals surface area contributed by atoms with Crippen molar-refractivity contribution < 1.29 is 24.9 Å². The third-order valence-corrected chi connectivity index (χ3v) is 4.48. The van der Waals surface area contributed by atoms with E-state index in [1.165, 1.54) is 38.1 Å². The lowest BCUT2D eigenvalue weighted by Gasteiger charge is -2.29. The number of amides is 1. The molecule has 1 aliphatic heterocycles. The van der Waals surface area contributed by atoms with Crippen LogP contribution in [-0.4, -0.2) is 42.0 Å². The molecule has 0 unspecified atom stereocenters. The Morgan fingerprint density at radius 1 is 1.32 bits per heavy atom. The molecule has 0 radical (unpaired) electrons. The Bertz CT molecular complexity index is 711. The summed E-state index contributed by atoms with van der Waals surface area (Å²) >= 11 is 6.09. The van der Waals surface area contributed by atoms with E-state index in [1.54, 1.807) is 0 Å². The van der Waals surface area contributed by atoms with Gasteiger partial charge in [0.25, 0.3) is 5.91 Å². The fourth-order valence-electron chi connectivity index (χ4n) is 1.83. The smallest absolute Gasteiger partial charge is 0.329 e. The summed E-state index contributed by atoms with van der Waals surface area (Å²) in [6.07, 6.45) is 1.48. The maximum Gasteiger partial charge on any atom is 0.329 e. The summed E-state index contributed by atoms with van der Waals surface area (Å²) in [5.41, 5.74) is -0.961. The number of aliphatic carboxylic acids is 1. The second kappa shape index (κ2) is 5.62. The lowest BCUT2D eigenvalue weighted by molar-refractivity contribution is -0.150. The van der Waals surface area contributed by atoms with E-state index >= 15 is 0 Å². The summed E-state index contributed by atoms with van der Waals surface area (Å²) in [5, 5.41) is 28.0. The van der Waals surface area contributed by atoms with Gasteiger partial charge in [0.05, 0.1) is 4.91 Å². The monoisotopic (exact) mass is 339 g/mol. The lowest BCUT2D eigenvalue weighted by Crippen LogP contribution is -2.52. The molecule has 0 aromatic heterocycles. The van der Waals surface area contributed by atoms with E-state index in [9.17, 15) is 24.9 Å². The van der Waals surface area contributed by atoms with E-state index < -0.39 is 17.4 Å². The number of rotatable bonds is 3. The number of thiocarbonyl (C=S) groups is 1. The Morgan fingerprint density at radius 2 is 1.95 bits per heavy atom. The van der Waals surface area contributed by atoms with Gasteiger partial charge in [-0.2, -0.15) is 0 Å². The van der Waals surface area contributed by atoms with Crippen molar-refractivity contribution in [1.29, 1.82) is 0 Å². The van der Waals surface area contributed by atoms with Crippen molar-refractivity contribution in [3.05, 3.63) is 28.7 Å². The Balaban J connectivity index is 2.37. The molecule has 1 aromatic rings. The number of aromatic hydroxyl groups is 2. The largest absolute Gasteiger partial charge is 0.504 e. The van der Waals surface area contributed by atoms with Crippen LogP contribution < -0.4 is 0 Å². The van der Waals surface area contributed by atoms with E-state index in [-0.39, 0.29) is 20.7 Å². The first-order valence-electron chi connectivity index (χ1n) is 6.18. The number of benzene rings is 1. The number of carbonyl (C=O) groups excluding carboxylic acids is 1. The van der Waals surface area contributed by atoms with Crippen LogP contribution in [0.25, 0.3) is 6.08 Å². The van der Waals surface area contributed by atoms with Gasteiger partial charge in [0.2, 0.25) is 0 Å². The van der Waals surface area contributed by atoms with Crippen LogP contribution >= 0.6 is 24.0 Å². The van der Waals surface area contributed by atoms with E-state index in [2.05, 4.69) is 0 Å². The van der Waals surface area contributed by atoms with Gasteiger partial charge in [-0.3, -0.25) is 9.69 Å². The molecule has 8 heteroatoms. The zero-order valence-electron chi connectivity index (χ0n) is 11.7. The van der Waals surface area contributed by atoms with Crippen LogP contribution in [0.4, 0.5) is 0 Å². The summed E-state index contributed by atoms with van der Waals surface area (Å²) in [6, 6.07) is 4.11. The molecular formula is C14H13NO5S2. The molecule has 0 saturated carbocycles. The Morgan fingerprint density at radius 3 is 2.50 bits per heavy atom. The van der Waals surface area contributed by atoms with Gasteiger partial charge in [0.15, 0.2) is 11.5 Å². The third-order valence-electron chi connectivity index (χ3n) is 3.17. The van der Waals surface area contributed by atoms with Gasteiger partial charge in [-0.05, 0) is 37.6 Å². The molecule has 1 amide bonds. The predicted molar refractivity (Wildman–Crippen MR) is 86.5 cm³/mol. The molecule has 6 nitrogen and oxygen atoms in total. The molecule has 1 fully saturated rings. The Kier molecular flexibility index (Phi) is 4.17. The molecule has 0 spiro atoms. The minimum absolute atomic E-state index is 0.159. The van der Waals surface area contributed by atoms with Crippen molar-refractivity contribution >= 4 is 46.3 Å². The molecule has 0 bridgehead atoms. The molecule has 1 heterocycles. The second-order valence-electron chi connectivity index (χ2n) is 5.13. The number of carboxylic acids is 1. The normalized spacial score (nSPS) is 17.4. The summed E-state index contributed by atoms with van der Waals surface area (Å²) in [7, 11) is 0. The zero-order chi connectivity index (χ0) is 16.7. The first-order valence-corrected chi connectivity index (χ1v) is 7.40. The highest BCUT2D eigenvalue weighted by Gasteiger charge is 2.46. The van der Waals surface area contributed by atoms with Crippen LogP contribution in [-0.2, 0) is 9.59 Å². The quantitative estimate of drug-likeness (QED) is 0.441. The molecule has 2 rings (SSSR count). The van der Waals surface area contributed by atoms with Gasteiger partial charge in [-0.15, -0.1) is 0 Å². The van der Waals surface area contributed by atoms with E-state index in [0.29, 0.717) is 5.56 Å². The van der Waals surface area contributed by atoms with E-state index in [0.717, 1.165) is 16.7 Å². The first-order chi connectivity index (χ1) is 10.1. The van der Waals surface area contributed by atoms with Gasteiger partial charge in [-0.25, -0.2) is 4.79 Å². The van der Waals surface area contributed by atoms with Gasteiger partial charge >= 0.3 is 5.97 Å². The molecule has 116 valence electrons. The van der Waals surface area contributed by atoms with Crippen LogP contribution in [0.1, 0.15) is 19.4 Å². The van der Waals surface area contributed by atoms with E-state index in [1.807, 2.05) is 0 Å². The van der Waals surface area contributed by atoms with Gasteiger partial charge in [-0.1, -0.05) is 30.0 Å². The van der Waals surface area contributed by atoms with Gasteiger partial charge < -0.3 is 15.3 Å². The molecule has 1 saturated heterocycles. The third kappa shape index (κ3) is 2.79. The fourth-order valence-corrected chi connectivity index (χ4v) is 3.37. The van der Waals surface area contributed by atoms with Crippen molar-refractivity contribution in [3.8, 4) is 11.5 Å². The maximum atomic E-state index is 12.4. The molecule has 1 aromatic carbocycles. The lowest BCUT2D eigenvalue weighted by atomic mass is 10.0. The molecule has 22 heavy (non-hydrogen) atoms. The van der Waals surface area contributed by atoms with Crippen LogP contribution in [0.5, 0.6) is 11.5 Å². The highest BCUT2D eigenvalue weighted by molar-refractivity contribution is 8.26. The predicted octanol–water partition coefficient (Wildman–Crippen LogP) is 2.16. The van der Waals surface area contributed by atoms with Crippen molar-refractivity contribution in [2.24, 2.45) is 0 Å². The van der Waals surface area contributed by atoms with Crippen molar-refractivity contribution in [2.75, 3.05) is 0 Å². The van der Waals surface area contributed by atoms with Crippen molar-refractivity contribution in [3.63, 3.8) is 0 Å². The number of hydrogen-bond donors (Lipinski definition) is 3.